The van der Waals surface area contributed by atoms with Gasteiger partial charge >= 0.3 is 136 Å². The maximum atomic E-state index is 12.0. The van der Waals surface area contributed by atoms with Crippen molar-refractivity contribution < 1.29 is 14.6 Å². The molecule has 1 aliphatic heterocycles. The standard InChI is InChI=1S/C18H18O3Se/c19-12-14-11-18(21-17(14)20,15-7-3-1-4-8-15)13-22-16-9-5-2-6-10-16/h1-10,14,19H,11-13H2/t14-,18-/m0/s1. The van der Waals surface area contributed by atoms with Crippen LogP contribution in [0.15, 0.2) is 60.7 Å². The molecular weight excluding hydrogens is 343 g/mol. The van der Waals surface area contributed by atoms with Gasteiger partial charge in [-0.1, -0.05) is 0 Å². The van der Waals surface area contributed by atoms with Gasteiger partial charge in [-0.2, -0.15) is 0 Å². The van der Waals surface area contributed by atoms with Gasteiger partial charge in [-0.05, 0) is 0 Å². The Bertz CT molecular complexity index is 629. The monoisotopic (exact) mass is 362 g/mol. The Balaban J connectivity index is 1.86. The molecule has 3 nitrogen and oxygen atoms in total. The molecule has 0 unspecified atom stereocenters. The normalized spacial score (nSPS) is 24.2. The van der Waals surface area contributed by atoms with Crippen molar-refractivity contribution in [2.75, 3.05) is 6.61 Å². The van der Waals surface area contributed by atoms with E-state index in [-0.39, 0.29) is 27.5 Å². The van der Waals surface area contributed by atoms with Crippen LogP contribution >= 0.6 is 0 Å². The molecule has 1 fully saturated rings. The SMILES string of the molecule is O=C1O[C@@](C[Se]c2ccccc2)(c2ccccc2)C[C@H]1CO. The van der Waals surface area contributed by atoms with Crippen LogP contribution in [0, 0.1) is 5.92 Å². The van der Waals surface area contributed by atoms with Crippen LogP contribution in [0.3, 0.4) is 0 Å². The van der Waals surface area contributed by atoms with Crippen molar-refractivity contribution in [2.45, 2.75) is 17.3 Å². The molecule has 1 saturated heterocycles. The first-order valence-corrected chi connectivity index (χ1v) is 9.37. The molecule has 0 aromatic heterocycles. The fourth-order valence-corrected chi connectivity index (χ4v) is 5.04. The Hall–Kier alpha value is -1.61. The van der Waals surface area contributed by atoms with Crippen LogP contribution < -0.4 is 4.46 Å². The van der Waals surface area contributed by atoms with Gasteiger partial charge in [-0.25, -0.2) is 0 Å². The molecule has 0 saturated carbocycles. The van der Waals surface area contributed by atoms with Gasteiger partial charge in [0, 0.05) is 0 Å². The van der Waals surface area contributed by atoms with Crippen LogP contribution in [0.5, 0.6) is 0 Å². The van der Waals surface area contributed by atoms with Crippen molar-refractivity contribution in [2.24, 2.45) is 5.92 Å². The number of hydrogen-bond acceptors (Lipinski definition) is 3. The van der Waals surface area contributed by atoms with E-state index in [1.165, 1.54) is 4.46 Å². The molecule has 4 heteroatoms. The number of ether oxygens (including phenoxy) is 1. The molecule has 0 amide bonds. The van der Waals surface area contributed by atoms with Gasteiger partial charge < -0.3 is 0 Å². The number of benzene rings is 2. The number of carbonyl (C=O) groups excluding carboxylic acids is 1. The molecule has 3 rings (SSSR count). The summed E-state index contributed by atoms with van der Waals surface area (Å²) >= 11 is 0.210. The van der Waals surface area contributed by atoms with Crippen molar-refractivity contribution in [3.05, 3.63) is 66.2 Å². The Kier molecular flexibility index (Phi) is 4.63. The Morgan fingerprint density at radius 3 is 2.32 bits per heavy atom. The molecule has 114 valence electrons. The van der Waals surface area contributed by atoms with Crippen molar-refractivity contribution in [3.8, 4) is 0 Å². The second-order valence-electron chi connectivity index (χ2n) is 5.47. The van der Waals surface area contributed by atoms with E-state index in [2.05, 4.69) is 12.1 Å². The molecule has 2 aromatic rings. The second-order valence-corrected chi connectivity index (χ2v) is 7.67. The minimum absolute atomic E-state index is 0.147. The summed E-state index contributed by atoms with van der Waals surface area (Å²) in [5.41, 5.74) is 0.429. The molecule has 0 spiro atoms. The summed E-state index contributed by atoms with van der Waals surface area (Å²) in [5, 5.41) is 10.2. The average Bonchev–Trinajstić information content (AvgIpc) is 2.92. The van der Waals surface area contributed by atoms with Gasteiger partial charge in [0.2, 0.25) is 0 Å². The number of rotatable bonds is 5. The van der Waals surface area contributed by atoms with E-state index < -0.39 is 11.5 Å². The van der Waals surface area contributed by atoms with Gasteiger partial charge in [0.1, 0.15) is 0 Å². The predicted molar refractivity (Wildman–Crippen MR) is 86.0 cm³/mol. The summed E-state index contributed by atoms with van der Waals surface area (Å²) in [6.07, 6.45) is 0.556. The van der Waals surface area contributed by atoms with Crippen LogP contribution in [-0.2, 0) is 15.1 Å². The topological polar surface area (TPSA) is 46.5 Å². The molecule has 0 aliphatic carbocycles. The van der Waals surface area contributed by atoms with Gasteiger partial charge in [0.25, 0.3) is 0 Å². The molecule has 0 bridgehead atoms. The Morgan fingerprint density at radius 1 is 1.09 bits per heavy atom. The quantitative estimate of drug-likeness (QED) is 0.654. The number of cyclic esters (lactones) is 1. The van der Waals surface area contributed by atoms with E-state index >= 15 is 0 Å². The summed E-state index contributed by atoms with van der Waals surface area (Å²) in [6.45, 7) is -0.147. The first-order chi connectivity index (χ1) is 10.7. The van der Waals surface area contributed by atoms with Crippen LogP contribution in [-0.4, -0.2) is 32.6 Å². The van der Waals surface area contributed by atoms with Gasteiger partial charge in [0.15, 0.2) is 0 Å². The number of aliphatic hydroxyl groups excluding tert-OH is 1. The summed E-state index contributed by atoms with van der Waals surface area (Å²) in [6, 6.07) is 20.2. The number of esters is 1. The molecule has 0 radical (unpaired) electrons. The van der Waals surface area contributed by atoms with E-state index in [0.717, 1.165) is 10.9 Å². The van der Waals surface area contributed by atoms with Gasteiger partial charge in [-0.3, -0.25) is 0 Å². The molecule has 2 atom stereocenters. The van der Waals surface area contributed by atoms with Crippen LogP contribution in [0.2, 0.25) is 5.32 Å². The molecule has 2 aromatic carbocycles. The van der Waals surface area contributed by atoms with Crippen LogP contribution in [0.1, 0.15) is 12.0 Å². The molecule has 1 aliphatic rings. The fraction of sp³-hybridized carbons (Fsp3) is 0.278. The summed E-state index contributed by atoms with van der Waals surface area (Å²) in [4.78, 5) is 12.0. The minimum atomic E-state index is -0.596. The Labute approximate surface area is 136 Å². The molecular formula is C18H18O3Se. The van der Waals surface area contributed by atoms with E-state index in [1.807, 2.05) is 48.5 Å². The zero-order valence-electron chi connectivity index (χ0n) is 12.1. The summed E-state index contributed by atoms with van der Waals surface area (Å²) in [7, 11) is 0. The number of carbonyl (C=O) groups is 1. The van der Waals surface area contributed by atoms with E-state index in [9.17, 15) is 9.90 Å². The molecule has 1 N–H and O–H groups in total. The van der Waals surface area contributed by atoms with Crippen molar-refractivity contribution in [1.82, 2.24) is 0 Å². The van der Waals surface area contributed by atoms with Crippen molar-refractivity contribution in [1.29, 1.82) is 0 Å². The fourth-order valence-electron chi connectivity index (χ4n) is 2.75. The number of hydrogen-bond donors (Lipinski definition) is 1. The predicted octanol–water partition coefficient (Wildman–Crippen LogP) is 1.89. The molecule has 22 heavy (non-hydrogen) atoms. The third-order valence-corrected chi connectivity index (χ3v) is 6.49. The zero-order chi connectivity index (χ0) is 15.4. The Morgan fingerprint density at radius 2 is 1.73 bits per heavy atom. The van der Waals surface area contributed by atoms with Crippen molar-refractivity contribution >= 4 is 25.4 Å². The van der Waals surface area contributed by atoms with Gasteiger partial charge in [0.05, 0.1) is 0 Å². The van der Waals surface area contributed by atoms with Crippen molar-refractivity contribution in [3.63, 3.8) is 0 Å². The number of aliphatic hydroxyl groups is 1. The second kappa shape index (κ2) is 6.65. The first kappa shape index (κ1) is 15.3. The van der Waals surface area contributed by atoms with Crippen LogP contribution in [0.25, 0.3) is 0 Å². The summed E-state index contributed by atoms with van der Waals surface area (Å²) < 4.78 is 7.06. The third kappa shape index (κ3) is 3.09. The van der Waals surface area contributed by atoms with Crippen LogP contribution in [0.4, 0.5) is 0 Å². The van der Waals surface area contributed by atoms with Gasteiger partial charge in [-0.15, -0.1) is 0 Å². The third-order valence-electron chi connectivity index (χ3n) is 3.94. The van der Waals surface area contributed by atoms with E-state index in [1.54, 1.807) is 0 Å². The molecule has 1 heterocycles. The van der Waals surface area contributed by atoms with E-state index in [4.69, 9.17) is 4.74 Å². The maximum absolute atomic E-state index is 12.0. The summed E-state index contributed by atoms with van der Waals surface area (Å²) in [5.74, 6) is -0.693. The zero-order valence-corrected chi connectivity index (χ0v) is 13.9. The average molecular weight is 361 g/mol. The first-order valence-electron chi connectivity index (χ1n) is 7.31. The van der Waals surface area contributed by atoms with E-state index in [0.29, 0.717) is 6.42 Å².